The third-order valence-electron chi connectivity index (χ3n) is 11.1. The molecule has 3 rings (SSSR count). The summed E-state index contributed by atoms with van der Waals surface area (Å²) in [5.41, 5.74) is 11.3. The number of aryl methyl sites for hydroxylation is 1. The molecule has 0 saturated heterocycles. The van der Waals surface area contributed by atoms with E-state index in [1.807, 2.05) is 40.8 Å². The van der Waals surface area contributed by atoms with E-state index in [1.54, 1.807) is 0 Å². The SMILES string of the molecule is CC(C)C.CCC(C)C(=O)C(C)O.CCC1CC(C)C1.CCC=NC1=CC(c2ccc(C(CCC)(CCC)C(=O)C(C)C)c(C)c2)NC(N)=C1C.CCCCCCC. The van der Waals surface area contributed by atoms with E-state index in [0.29, 0.717) is 11.6 Å². The first kappa shape index (κ1) is 57.4. The fourth-order valence-corrected chi connectivity index (χ4v) is 7.54. The second-order valence-corrected chi connectivity index (χ2v) is 18.1. The zero-order chi connectivity index (χ0) is 45.0. The Morgan fingerprint density at radius 1 is 0.879 bits per heavy atom. The number of carbonyl (C=O) groups is 2. The summed E-state index contributed by atoms with van der Waals surface area (Å²) in [6.07, 6.45) is 20.1. The number of aliphatic hydroxyl groups is 1. The van der Waals surface area contributed by atoms with Crippen LogP contribution in [0.5, 0.6) is 0 Å². The van der Waals surface area contributed by atoms with Crippen molar-refractivity contribution < 1.29 is 14.7 Å². The number of allylic oxidation sites excluding steroid dienone is 1. The van der Waals surface area contributed by atoms with Crippen molar-refractivity contribution >= 4 is 17.8 Å². The summed E-state index contributed by atoms with van der Waals surface area (Å²) in [5.74, 6) is 3.97. The van der Waals surface area contributed by atoms with Crippen LogP contribution in [-0.4, -0.2) is 29.0 Å². The Bertz CT molecular complexity index is 1340. The van der Waals surface area contributed by atoms with E-state index in [0.717, 1.165) is 73.1 Å². The molecule has 1 aliphatic carbocycles. The number of nitrogens with zero attached hydrogens (tertiary/aromatic N) is 1. The largest absolute Gasteiger partial charge is 0.386 e. The number of aliphatic hydroxyl groups excluding tert-OH is 1. The van der Waals surface area contributed by atoms with Crippen molar-refractivity contribution in [2.45, 2.75) is 225 Å². The van der Waals surface area contributed by atoms with Gasteiger partial charge < -0.3 is 16.2 Å². The molecule has 6 nitrogen and oxygen atoms in total. The zero-order valence-corrected chi connectivity index (χ0v) is 41.1. The molecule has 1 heterocycles. The number of nitrogens with two attached hydrogens (primary N) is 1. The minimum atomic E-state index is -0.792. The quantitative estimate of drug-likeness (QED) is 0.101. The van der Waals surface area contributed by atoms with Crippen LogP contribution in [0.15, 0.2) is 46.4 Å². The van der Waals surface area contributed by atoms with Crippen molar-refractivity contribution in [1.82, 2.24) is 5.32 Å². The predicted octanol–water partition coefficient (Wildman–Crippen LogP) is 14.3. The van der Waals surface area contributed by atoms with Gasteiger partial charge in [-0.05, 0) is 99.8 Å². The van der Waals surface area contributed by atoms with E-state index in [-0.39, 0.29) is 23.7 Å². The molecule has 3 atom stereocenters. The van der Waals surface area contributed by atoms with Gasteiger partial charge in [-0.2, -0.15) is 0 Å². The highest BCUT2D eigenvalue weighted by molar-refractivity contribution is 5.92. The van der Waals surface area contributed by atoms with Gasteiger partial charge in [0.2, 0.25) is 0 Å². The Morgan fingerprint density at radius 2 is 1.41 bits per heavy atom. The van der Waals surface area contributed by atoms with Gasteiger partial charge >= 0.3 is 0 Å². The summed E-state index contributed by atoms with van der Waals surface area (Å²) in [6.45, 7) is 35.5. The number of ketones is 2. The van der Waals surface area contributed by atoms with Crippen molar-refractivity contribution in [2.75, 3.05) is 0 Å². The summed E-state index contributed by atoms with van der Waals surface area (Å²) >= 11 is 0. The average Bonchev–Trinajstić information content (AvgIpc) is 3.16. The standard InChI is InChI=1S/C27H41N3O.C7H14O2.C7H14.C7H16.C4H10/c1-8-13-27(14-9-2,25(31)18(4)5)22-12-11-21(16-19(22)6)24-17-23(29-15-10-3)20(7)26(28)30-24;1-4-5(2)7(9)6(3)8;1-3-7-4-6(2)5-7;1-3-5-7-6-4-2;1-4(2)3/h11-12,15-18,24,30H,8-10,13-14,28H2,1-7H3;5-6,8H,4H2,1-3H3;6-7H,3-5H2,1-2H3;3-7H2,1-2H3;4H,1-3H3. The molecule has 6 heteroatoms. The highest BCUT2D eigenvalue weighted by atomic mass is 16.3. The molecule has 1 aromatic rings. The number of unbranched alkanes of at least 4 members (excludes halogenated alkanes) is 4. The number of benzene rings is 1. The predicted molar refractivity (Wildman–Crippen MR) is 255 cm³/mol. The molecule has 4 N–H and O–H groups in total. The molecule has 58 heavy (non-hydrogen) atoms. The van der Waals surface area contributed by atoms with Crippen LogP contribution in [-0.2, 0) is 15.0 Å². The van der Waals surface area contributed by atoms with Gasteiger partial charge in [-0.15, -0.1) is 0 Å². The smallest absolute Gasteiger partial charge is 0.163 e. The maximum Gasteiger partial charge on any atom is 0.163 e. The van der Waals surface area contributed by atoms with E-state index in [1.165, 1.54) is 69.4 Å². The molecule has 2 aliphatic rings. The van der Waals surface area contributed by atoms with Gasteiger partial charge in [0, 0.05) is 23.6 Å². The first-order valence-electron chi connectivity index (χ1n) is 23.6. The van der Waals surface area contributed by atoms with Crippen molar-refractivity contribution in [3.8, 4) is 0 Å². The topological polar surface area (TPSA) is 105 Å². The lowest BCUT2D eigenvalue weighted by atomic mass is 9.66. The lowest BCUT2D eigenvalue weighted by Crippen LogP contribution is -2.39. The van der Waals surface area contributed by atoms with Crippen LogP contribution in [0, 0.1) is 36.5 Å². The van der Waals surface area contributed by atoms with Crippen LogP contribution in [0.4, 0.5) is 0 Å². The highest BCUT2D eigenvalue weighted by Gasteiger charge is 2.40. The van der Waals surface area contributed by atoms with Gasteiger partial charge in [0.15, 0.2) is 5.78 Å². The molecule has 0 bridgehead atoms. The van der Waals surface area contributed by atoms with Crippen LogP contribution in [0.2, 0.25) is 0 Å². The molecule has 1 aromatic carbocycles. The molecular formula is C52H95N3O3. The van der Waals surface area contributed by atoms with Crippen LogP contribution < -0.4 is 11.1 Å². The van der Waals surface area contributed by atoms with Gasteiger partial charge in [-0.1, -0.05) is 166 Å². The summed E-state index contributed by atoms with van der Waals surface area (Å²) in [6, 6.07) is 6.52. The Balaban J connectivity index is 0. The normalized spacial score (nSPS) is 18.5. The number of Topliss-reactive ketones (excluding diaryl/α,β-unsaturated/α-hetero) is 2. The first-order valence-corrected chi connectivity index (χ1v) is 23.6. The summed E-state index contributed by atoms with van der Waals surface area (Å²) in [4.78, 5) is 28.9. The van der Waals surface area contributed by atoms with E-state index in [2.05, 4.69) is 111 Å². The Labute approximate surface area is 360 Å². The van der Waals surface area contributed by atoms with Gasteiger partial charge in [-0.25, -0.2) is 0 Å². The van der Waals surface area contributed by atoms with Crippen molar-refractivity contribution in [3.63, 3.8) is 0 Å². The summed E-state index contributed by atoms with van der Waals surface area (Å²) in [5, 5.41) is 12.2. The number of nitrogens with one attached hydrogen (secondary N) is 1. The van der Waals surface area contributed by atoms with Gasteiger partial charge in [0.25, 0.3) is 0 Å². The van der Waals surface area contributed by atoms with Crippen LogP contribution >= 0.6 is 0 Å². The molecule has 0 amide bonds. The van der Waals surface area contributed by atoms with Gasteiger partial charge in [-0.3, -0.25) is 14.6 Å². The van der Waals surface area contributed by atoms with Gasteiger partial charge in [0.05, 0.1) is 17.2 Å². The number of aliphatic imine (C=N–C) groups is 1. The van der Waals surface area contributed by atoms with E-state index < -0.39 is 11.5 Å². The Morgan fingerprint density at radius 3 is 1.76 bits per heavy atom. The van der Waals surface area contributed by atoms with E-state index >= 15 is 0 Å². The molecule has 1 aliphatic heterocycles. The molecular weight excluding hydrogens is 715 g/mol. The number of dihydropyridines is 1. The number of carbonyl (C=O) groups excluding carboxylic acids is 2. The van der Waals surface area contributed by atoms with Crippen LogP contribution in [0.25, 0.3) is 0 Å². The minimum Gasteiger partial charge on any atom is -0.386 e. The van der Waals surface area contributed by atoms with E-state index in [4.69, 9.17) is 10.8 Å². The maximum atomic E-state index is 13.4. The molecule has 0 radical (unpaired) electrons. The van der Waals surface area contributed by atoms with Crippen LogP contribution in [0.1, 0.15) is 223 Å². The summed E-state index contributed by atoms with van der Waals surface area (Å²) in [7, 11) is 0. The Kier molecular flexibility index (Phi) is 31.7. The maximum absolute atomic E-state index is 13.4. The van der Waals surface area contributed by atoms with Crippen molar-refractivity contribution in [1.29, 1.82) is 0 Å². The zero-order valence-electron chi connectivity index (χ0n) is 41.1. The number of rotatable bonds is 18. The monoisotopic (exact) mass is 810 g/mol. The average molecular weight is 810 g/mol. The third kappa shape index (κ3) is 21.5. The third-order valence-corrected chi connectivity index (χ3v) is 11.1. The second kappa shape index (κ2) is 32.1. The number of hydrogen-bond donors (Lipinski definition) is 3. The van der Waals surface area contributed by atoms with Crippen molar-refractivity contribution in [3.05, 3.63) is 58.1 Å². The fourth-order valence-electron chi connectivity index (χ4n) is 7.54. The highest BCUT2D eigenvalue weighted by Crippen LogP contribution is 2.40. The van der Waals surface area contributed by atoms with Crippen LogP contribution in [0.3, 0.4) is 0 Å². The molecule has 3 unspecified atom stereocenters. The molecule has 1 saturated carbocycles. The minimum absolute atomic E-state index is 0.00463. The summed E-state index contributed by atoms with van der Waals surface area (Å²) < 4.78 is 0. The fraction of sp³-hybridized carbons (Fsp3) is 0.750. The lowest BCUT2D eigenvalue weighted by Gasteiger charge is -2.36. The first-order chi connectivity index (χ1) is 27.3. The van der Waals surface area contributed by atoms with E-state index in [9.17, 15) is 9.59 Å². The molecule has 1 fully saturated rings. The lowest BCUT2D eigenvalue weighted by molar-refractivity contribution is -0.130. The molecule has 0 spiro atoms. The number of hydrogen-bond acceptors (Lipinski definition) is 6. The molecule has 336 valence electrons. The molecule has 0 aromatic heterocycles. The second-order valence-electron chi connectivity index (χ2n) is 18.1. The van der Waals surface area contributed by atoms with Crippen molar-refractivity contribution in [2.24, 2.45) is 40.3 Å². The van der Waals surface area contributed by atoms with Gasteiger partial charge in [0.1, 0.15) is 17.7 Å². The Hall–Kier alpha value is -2.73.